The fourth-order valence-electron chi connectivity index (χ4n) is 2.93. The Kier molecular flexibility index (Phi) is 5.20. The Labute approximate surface area is 158 Å². The number of benzene rings is 1. The van der Waals surface area contributed by atoms with Crippen molar-refractivity contribution in [3.63, 3.8) is 0 Å². The van der Waals surface area contributed by atoms with Gasteiger partial charge in [0.25, 0.3) is 5.91 Å². The second-order valence-electron chi connectivity index (χ2n) is 6.44. The Morgan fingerprint density at radius 3 is 2.69 bits per heavy atom. The van der Waals surface area contributed by atoms with Crippen LogP contribution in [0.5, 0.6) is 0 Å². The lowest BCUT2D eigenvalue weighted by atomic mass is 10.2. The van der Waals surface area contributed by atoms with E-state index in [0.717, 1.165) is 5.56 Å². The van der Waals surface area contributed by atoms with Crippen molar-refractivity contribution in [3.8, 4) is 0 Å². The molecule has 1 fully saturated rings. The number of hydrogen-bond donors (Lipinski definition) is 1. The highest BCUT2D eigenvalue weighted by Gasteiger charge is 2.31. The van der Waals surface area contributed by atoms with Crippen molar-refractivity contribution in [1.82, 2.24) is 4.98 Å². The lowest BCUT2D eigenvalue weighted by molar-refractivity contribution is 0.102. The highest BCUT2D eigenvalue weighted by atomic mass is 35.5. The SMILES string of the molecule is Cc1c(Cl)cccc1NC(=O)c1ccc(N(C)C2CCS(=O)(=O)C2)nc1. The van der Waals surface area contributed by atoms with Gasteiger partial charge in [0.2, 0.25) is 0 Å². The Hall–Kier alpha value is -2.12. The molecule has 26 heavy (non-hydrogen) atoms. The first-order valence-electron chi connectivity index (χ1n) is 8.22. The molecular formula is C18H20ClN3O3S. The van der Waals surface area contributed by atoms with Crippen molar-refractivity contribution in [2.75, 3.05) is 28.8 Å². The van der Waals surface area contributed by atoms with E-state index in [1.54, 1.807) is 30.3 Å². The van der Waals surface area contributed by atoms with E-state index in [2.05, 4.69) is 10.3 Å². The first kappa shape index (κ1) is 18.7. The Bertz CT molecular complexity index is 929. The number of aromatic nitrogens is 1. The molecule has 0 bridgehead atoms. The first-order chi connectivity index (χ1) is 12.3. The maximum atomic E-state index is 12.4. The van der Waals surface area contributed by atoms with E-state index in [4.69, 9.17) is 11.6 Å². The van der Waals surface area contributed by atoms with Crippen molar-refractivity contribution in [2.24, 2.45) is 0 Å². The van der Waals surface area contributed by atoms with Gasteiger partial charge >= 0.3 is 0 Å². The van der Waals surface area contributed by atoms with Crippen LogP contribution in [0.2, 0.25) is 5.02 Å². The van der Waals surface area contributed by atoms with Gasteiger partial charge in [-0.2, -0.15) is 0 Å². The minimum absolute atomic E-state index is 0.0821. The third kappa shape index (κ3) is 3.99. The molecule has 1 amide bonds. The van der Waals surface area contributed by atoms with Crippen LogP contribution < -0.4 is 10.2 Å². The largest absolute Gasteiger partial charge is 0.356 e. The van der Waals surface area contributed by atoms with Gasteiger partial charge in [0.05, 0.1) is 17.1 Å². The van der Waals surface area contributed by atoms with Crippen molar-refractivity contribution >= 4 is 38.9 Å². The van der Waals surface area contributed by atoms with Crippen LogP contribution in [0.15, 0.2) is 36.5 Å². The molecule has 3 rings (SSSR count). The molecule has 1 aromatic carbocycles. The van der Waals surface area contributed by atoms with Crippen LogP contribution in [0.3, 0.4) is 0 Å². The van der Waals surface area contributed by atoms with Gasteiger partial charge < -0.3 is 10.2 Å². The van der Waals surface area contributed by atoms with Gasteiger partial charge in [-0.1, -0.05) is 17.7 Å². The van der Waals surface area contributed by atoms with Gasteiger partial charge in [-0.3, -0.25) is 4.79 Å². The fourth-order valence-corrected chi connectivity index (χ4v) is 4.88. The van der Waals surface area contributed by atoms with Crippen LogP contribution in [0, 0.1) is 6.92 Å². The smallest absolute Gasteiger partial charge is 0.257 e. The molecular weight excluding hydrogens is 374 g/mol. The second-order valence-corrected chi connectivity index (χ2v) is 9.08. The van der Waals surface area contributed by atoms with E-state index in [1.807, 2.05) is 18.9 Å². The molecule has 0 spiro atoms. The summed E-state index contributed by atoms with van der Waals surface area (Å²) in [5.74, 6) is 0.714. The highest BCUT2D eigenvalue weighted by molar-refractivity contribution is 7.91. The van der Waals surface area contributed by atoms with Gasteiger partial charge in [0, 0.05) is 30.0 Å². The van der Waals surface area contributed by atoms with Crippen LogP contribution in [-0.2, 0) is 9.84 Å². The number of sulfone groups is 1. The monoisotopic (exact) mass is 393 g/mol. The van der Waals surface area contributed by atoms with Crippen LogP contribution in [0.1, 0.15) is 22.3 Å². The number of hydrogen-bond acceptors (Lipinski definition) is 5. The zero-order valence-corrected chi connectivity index (χ0v) is 16.1. The number of carbonyl (C=O) groups excluding carboxylic acids is 1. The summed E-state index contributed by atoms with van der Waals surface area (Å²) < 4.78 is 23.3. The van der Waals surface area contributed by atoms with Gasteiger partial charge in [0.15, 0.2) is 9.84 Å². The number of amides is 1. The minimum Gasteiger partial charge on any atom is -0.356 e. The number of halogens is 1. The lowest BCUT2D eigenvalue weighted by Gasteiger charge is -2.24. The maximum Gasteiger partial charge on any atom is 0.257 e. The van der Waals surface area contributed by atoms with Crippen molar-refractivity contribution in [2.45, 2.75) is 19.4 Å². The molecule has 138 valence electrons. The summed E-state index contributed by atoms with van der Waals surface area (Å²) in [6, 6.07) is 8.65. The highest BCUT2D eigenvalue weighted by Crippen LogP contribution is 2.24. The number of anilines is 2. The standard InChI is InChI=1S/C18H20ClN3O3S/c1-12-15(19)4-3-5-16(12)21-18(23)13-6-7-17(20-10-13)22(2)14-8-9-26(24,25)11-14/h3-7,10,14H,8-9,11H2,1-2H3,(H,21,23). The number of rotatable bonds is 4. The number of carbonyl (C=O) groups is 1. The van der Waals surface area contributed by atoms with Crippen molar-refractivity contribution in [1.29, 1.82) is 0 Å². The Balaban J connectivity index is 1.71. The predicted molar refractivity (Wildman–Crippen MR) is 104 cm³/mol. The zero-order chi connectivity index (χ0) is 18.9. The molecule has 1 N–H and O–H groups in total. The van der Waals surface area contributed by atoms with Crippen LogP contribution in [-0.4, -0.2) is 43.9 Å². The van der Waals surface area contributed by atoms with E-state index in [1.165, 1.54) is 6.20 Å². The molecule has 1 aliphatic rings. The molecule has 1 unspecified atom stereocenters. The zero-order valence-electron chi connectivity index (χ0n) is 14.6. The second kappa shape index (κ2) is 7.25. The van der Waals surface area contributed by atoms with E-state index < -0.39 is 9.84 Å². The molecule has 0 saturated carbocycles. The molecule has 6 nitrogen and oxygen atoms in total. The van der Waals surface area contributed by atoms with Gasteiger partial charge in [-0.25, -0.2) is 13.4 Å². The van der Waals surface area contributed by atoms with Gasteiger partial charge in [-0.05, 0) is 43.2 Å². The third-order valence-corrected chi connectivity index (χ3v) is 6.80. The van der Waals surface area contributed by atoms with Crippen molar-refractivity contribution in [3.05, 3.63) is 52.7 Å². The van der Waals surface area contributed by atoms with Gasteiger partial charge in [0.1, 0.15) is 5.82 Å². The normalized spacial score (nSPS) is 18.5. The predicted octanol–water partition coefficient (Wildman–Crippen LogP) is 2.92. The van der Waals surface area contributed by atoms with Crippen molar-refractivity contribution < 1.29 is 13.2 Å². The maximum absolute atomic E-state index is 12.4. The molecule has 0 aliphatic carbocycles. The summed E-state index contributed by atoms with van der Waals surface area (Å²) in [4.78, 5) is 18.6. The molecule has 2 aromatic rings. The number of nitrogens with one attached hydrogen (secondary N) is 1. The quantitative estimate of drug-likeness (QED) is 0.863. The summed E-state index contributed by atoms with van der Waals surface area (Å²) >= 11 is 6.07. The third-order valence-electron chi connectivity index (χ3n) is 4.64. The average Bonchev–Trinajstić information content (AvgIpc) is 2.98. The number of pyridine rings is 1. The van der Waals surface area contributed by atoms with E-state index >= 15 is 0 Å². The first-order valence-corrected chi connectivity index (χ1v) is 10.4. The van der Waals surface area contributed by atoms with E-state index in [-0.39, 0.29) is 23.5 Å². The summed E-state index contributed by atoms with van der Waals surface area (Å²) in [7, 11) is -1.13. The Morgan fingerprint density at radius 2 is 2.08 bits per heavy atom. The van der Waals surface area contributed by atoms with Crippen LogP contribution >= 0.6 is 11.6 Å². The molecule has 1 aliphatic heterocycles. The topological polar surface area (TPSA) is 79.4 Å². The average molecular weight is 394 g/mol. The summed E-state index contributed by atoms with van der Waals surface area (Å²) in [5, 5.41) is 3.41. The summed E-state index contributed by atoms with van der Waals surface area (Å²) in [6.07, 6.45) is 2.08. The molecule has 1 saturated heterocycles. The summed E-state index contributed by atoms with van der Waals surface area (Å²) in [6.45, 7) is 1.84. The summed E-state index contributed by atoms with van der Waals surface area (Å²) in [5.41, 5.74) is 1.87. The van der Waals surface area contributed by atoms with Gasteiger partial charge in [-0.15, -0.1) is 0 Å². The number of nitrogens with zero attached hydrogens (tertiary/aromatic N) is 2. The molecule has 2 heterocycles. The van der Waals surface area contributed by atoms with Crippen LogP contribution in [0.25, 0.3) is 0 Å². The lowest BCUT2D eigenvalue weighted by Crippen LogP contribution is -2.33. The molecule has 8 heteroatoms. The molecule has 0 radical (unpaired) electrons. The molecule has 1 aromatic heterocycles. The van der Waals surface area contributed by atoms with Crippen LogP contribution in [0.4, 0.5) is 11.5 Å². The van der Waals surface area contributed by atoms with E-state index in [0.29, 0.717) is 28.5 Å². The minimum atomic E-state index is -2.96. The van der Waals surface area contributed by atoms with E-state index in [9.17, 15) is 13.2 Å². The fraction of sp³-hybridized carbons (Fsp3) is 0.333. The molecule has 1 atom stereocenters. The Morgan fingerprint density at radius 1 is 1.31 bits per heavy atom.